The van der Waals surface area contributed by atoms with Crippen molar-refractivity contribution in [3.05, 3.63) is 52.8 Å². The van der Waals surface area contributed by atoms with E-state index in [9.17, 15) is 4.79 Å². The van der Waals surface area contributed by atoms with E-state index >= 15 is 0 Å². The second kappa shape index (κ2) is 6.22. The van der Waals surface area contributed by atoms with Gasteiger partial charge >= 0.3 is 0 Å². The number of anilines is 1. The number of nitrogens with zero attached hydrogens (tertiary/aromatic N) is 4. The maximum atomic E-state index is 12.7. The molecule has 3 aromatic rings. The van der Waals surface area contributed by atoms with Crippen LogP contribution in [0, 0.1) is 0 Å². The van der Waals surface area contributed by atoms with Gasteiger partial charge in [0.1, 0.15) is 11.5 Å². The predicted molar refractivity (Wildman–Crippen MR) is 94.7 cm³/mol. The Morgan fingerprint density at radius 3 is 2.62 bits per heavy atom. The van der Waals surface area contributed by atoms with Crippen molar-refractivity contribution in [1.82, 2.24) is 14.3 Å². The van der Waals surface area contributed by atoms with Gasteiger partial charge in [-0.15, -0.1) is 0 Å². The Balaban J connectivity index is 1.71. The zero-order valence-corrected chi connectivity index (χ0v) is 13.4. The molecule has 0 atom stereocenters. The number of hydrogen-bond donors (Lipinski definition) is 1. The first-order valence-corrected chi connectivity index (χ1v) is 8.26. The summed E-state index contributed by atoms with van der Waals surface area (Å²) in [4.78, 5) is 21.7. The maximum Gasteiger partial charge on any atom is 0.260 e. The number of benzene rings is 1. The zero-order chi connectivity index (χ0) is 16.5. The van der Waals surface area contributed by atoms with Crippen LogP contribution in [0.15, 0.2) is 47.3 Å². The molecule has 0 saturated carbocycles. The van der Waals surface area contributed by atoms with Crippen molar-refractivity contribution < 1.29 is 5.11 Å². The van der Waals surface area contributed by atoms with Crippen molar-refractivity contribution in [2.75, 3.05) is 44.2 Å². The Kier molecular flexibility index (Phi) is 3.92. The third-order valence-corrected chi connectivity index (χ3v) is 4.63. The van der Waals surface area contributed by atoms with Crippen molar-refractivity contribution in [1.29, 1.82) is 0 Å². The van der Waals surface area contributed by atoms with Crippen LogP contribution in [-0.2, 0) is 0 Å². The van der Waals surface area contributed by atoms with Crippen molar-refractivity contribution in [3.8, 4) is 0 Å². The van der Waals surface area contributed by atoms with E-state index in [4.69, 9.17) is 10.1 Å². The van der Waals surface area contributed by atoms with Gasteiger partial charge in [0.25, 0.3) is 5.56 Å². The number of fused-ring (bicyclic) bond motifs is 3. The minimum absolute atomic E-state index is 0.0513. The quantitative estimate of drug-likeness (QED) is 0.727. The summed E-state index contributed by atoms with van der Waals surface area (Å²) < 4.78 is 1.67. The normalized spacial score (nSPS) is 16.1. The lowest BCUT2D eigenvalue weighted by molar-refractivity contribution is 0.188. The van der Waals surface area contributed by atoms with Crippen molar-refractivity contribution in [3.63, 3.8) is 0 Å². The van der Waals surface area contributed by atoms with Gasteiger partial charge in [-0.3, -0.25) is 14.1 Å². The van der Waals surface area contributed by atoms with E-state index in [1.54, 1.807) is 10.5 Å². The number of pyridine rings is 1. The number of β-amino-alcohol motifs (C(OH)–C–C–N with tert-alkyl or cyclic N) is 1. The van der Waals surface area contributed by atoms with Crippen LogP contribution in [0.3, 0.4) is 0 Å². The van der Waals surface area contributed by atoms with E-state index in [0.29, 0.717) is 12.2 Å². The molecule has 0 bridgehead atoms. The highest BCUT2D eigenvalue weighted by molar-refractivity contribution is 5.81. The van der Waals surface area contributed by atoms with E-state index < -0.39 is 0 Å². The maximum absolute atomic E-state index is 12.7. The molecule has 6 nitrogen and oxygen atoms in total. The summed E-state index contributed by atoms with van der Waals surface area (Å²) in [6, 6.07) is 13.4. The number of para-hydroxylation sites is 1. The minimum atomic E-state index is -0.0513. The first-order valence-electron chi connectivity index (χ1n) is 8.26. The minimum Gasteiger partial charge on any atom is -0.395 e. The van der Waals surface area contributed by atoms with Crippen LogP contribution in [0.25, 0.3) is 16.6 Å². The summed E-state index contributed by atoms with van der Waals surface area (Å²) >= 11 is 0. The van der Waals surface area contributed by atoms with Crippen LogP contribution in [0.4, 0.5) is 5.82 Å². The molecule has 2 aromatic heterocycles. The average molecular weight is 324 g/mol. The standard InChI is InChI=1S/C18H20N4O2/c23-12-11-20-7-9-21(10-8-20)17-13-18(24)22-15-4-2-1-3-14(15)5-6-16(22)19-17/h1-6,13,23H,7-12H2. The van der Waals surface area contributed by atoms with Gasteiger partial charge in [-0.2, -0.15) is 0 Å². The number of aliphatic hydroxyl groups is 1. The summed E-state index contributed by atoms with van der Waals surface area (Å²) in [7, 11) is 0. The summed E-state index contributed by atoms with van der Waals surface area (Å²) in [6.45, 7) is 4.27. The van der Waals surface area contributed by atoms with Gasteiger partial charge in [0, 0.05) is 38.8 Å². The molecule has 1 aliphatic heterocycles. The lowest BCUT2D eigenvalue weighted by Crippen LogP contribution is -2.47. The van der Waals surface area contributed by atoms with Gasteiger partial charge in [-0.05, 0) is 23.6 Å². The van der Waals surface area contributed by atoms with Crippen LogP contribution < -0.4 is 10.5 Å². The Labute approximate surface area is 139 Å². The Morgan fingerprint density at radius 1 is 1.04 bits per heavy atom. The van der Waals surface area contributed by atoms with Gasteiger partial charge in [0.15, 0.2) is 0 Å². The molecule has 4 rings (SSSR count). The van der Waals surface area contributed by atoms with Crippen LogP contribution in [0.5, 0.6) is 0 Å². The molecule has 3 heterocycles. The highest BCUT2D eigenvalue weighted by atomic mass is 16.3. The Hall–Kier alpha value is -2.44. The van der Waals surface area contributed by atoms with Crippen LogP contribution >= 0.6 is 0 Å². The molecule has 1 N–H and O–H groups in total. The van der Waals surface area contributed by atoms with E-state index in [0.717, 1.165) is 42.9 Å². The van der Waals surface area contributed by atoms with Crippen molar-refractivity contribution >= 4 is 22.4 Å². The SMILES string of the molecule is O=c1cc(N2CCN(CCO)CC2)nc2ccc3ccccc3n12. The smallest absolute Gasteiger partial charge is 0.260 e. The molecule has 0 amide bonds. The summed E-state index contributed by atoms with van der Waals surface area (Å²) in [5, 5.41) is 10.1. The molecule has 24 heavy (non-hydrogen) atoms. The molecule has 0 unspecified atom stereocenters. The molecule has 1 fully saturated rings. The zero-order valence-electron chi connectivity index (χ0n) is 13.4. The molecular formula is C18H20N4O2. The van der Waals surface area contributed by atoms with Gasteiger partial charge in [0.05, 0.1) is 12.1 Å². The Bertz CT molecular complexity index is 929. The molecular weight excluding hydrogens is 304 g/mol. The summed E-state index contributed by atoms with van der Waals surface area (Å²) in [6.07, 6.45) is 0. The number of aromatic nitrogens is 2. The summed E-state index contributed by atoms with van der Waals surface area (Å²) in [5.41, 5.74) is 1.50. The fourth-order valence-corrected chi connectivity index (χ4v) is 3.34. The molecule has 6 heteroatoms. The van der Waals surface area contributed by atoms with E-state index in [1.165, 1.54) is 0 Å². The van der Waals surface area contributed by atoms with Crippen LogP contribution in [0.1, 0.15) is 0 Å². The first kappa shape index (κ1) is 15.1. The second-order valence-electron chi connectivity index (χ2n) is 6.09. The second-order valence-corrected chi connectivity index (χ2v) is 6.09. The van der Waals surface area contributed by atoms with E-state index in [-0.39, 0.29) is 12.2 Å². The topological polar surface area (TPSA) is 61.1 Å². The van der Waals surface area contributed by atoms with Crippen molar-refractivity contribution in [2.24, 2.45) is 0 Å². The lowest BCUT2D eigenvalue weighted by atomic mass is 10.2. The molecule has 0 spiro atoms. The third kappa shape index (κ3) is 2.64. The van der Waals surface area contributed by atoms with Crippen LogP contribution in [-0.4, -0.2) is 58.7 Å². The first-order chi connectivity index (χ1) is 11.8. The van der Waals surface area contributed by atoms with Gasteiger partial charge in [0.2, 0.25) is 0 Å². The molecule has 124 valence electrons. The van der Waals surface area contributed by atoms with E-state index in [2.05, 4.69) is 9.80 Å². The third-order valence-electron chi connectivity index (χ3n) is 4.63. The lowest BCUT2D eigenvalue weighted by Gasteiger charge is -2.35. The largest absolute Gasteiger partial charge is 0.395 e. The van der Waals surface area contributed by atoms with E-state index in [1.807, 2.05) is 36.4 Å². The van der Waals surface area contributed by atoms with Gasteiger partial charge in [-0.1, -0.05) is 18.2 Å². The monoisotopic (exact) mass is 324 g/mol. The van der Waals surface area contributed by atoms with Crippen LogP contribution in [0.2, 0.25) is 0 Å². The fourth-order valence-electron chi connectivity index (χ4n) is 3.34. The van der Waals surface area contributed by atoms with Gasteiger partial charge in [-0.25, -0.2) is 4.98 Å². The average Bonchev–Trinajstić information content (AvgIpc) is 2.62. The van der Waals surface area contributed by atoms with Crippen molar-refractivity contribution in [2.45, 2.75) is 0 Å². The van der Waals surface area contributed by atoms with Gasteiger partial charge < -0.3 is 10.0 Å². The highest BCUT2D eigenvalue weighted by Gasteiger charge is 2.18. The number of hydrogen-bond acceptors (Lipinski definition) is 5. The fraction of sp³-hybridized carbons (Fsp3) is 0.333. The molecule has 1 saturated heterocycles. The number of piperazine rings is 1. The summed E-state index contributed by atoms with van der Waals surface area (Å²) in [5.74, 6) is 0.735. The number of rotatable bonds is 3. The highest BCUT2D eigenvalue weighted by Crippen LogP contribution is 2.17. The molecule has 1 aromatic carbocycles. The Morgan fingerprint density at radius 2 is 1.83 bits per heavy atom. The molecule has 1 aliphatic rings. The molecule has 0 radical (unpaired) electrons. The molecule has 0 aliphatic carbocycles. The number of aliphatic hydroxyl groups excluding tert-OH is 1. The predicted octanol–water partition coefficient (Wildman–Crippen LogP) is 0.962.